The molecule has 2 N–H and O–H groups in total. The maximum Gasteiger partial charge on any atom is 0.170 e. The van der Waals surface area contributed by atoms with Gasteiger partial charge in [0.25, 0.3) is 0 Å². The summed E-state index contributed by atoms with van der Waals surface area (Å²) >= 11 is 3.50. The summed E-state index contributed by atoms with van der Waals surface area (Å²) in [6.07, 6.45) is -0.165. The molecule has 0 bridgehead atoms. The Morgan fingerprint density at radius 1 is 1.22 bits per heavy atom. The Hall–Kier alpha value is -1.83. The third-order valence-electron chi connectivity index (χ3n) is 5.11. The maximum atomic E-state index is 12.5. The van der Waals surface area contributed by atoms with Crippen LogP contribution in [-0.4, -0.2) is 49.2 Å². The lowest BCUT2D eigenvalue weighted by molar-refractivity contribution is 0.0339. The first-order chi connectivity index (χ1) is 15.5. The van der Waals surface area contributed by atoms with E-state index in [0.717, 1.165) is 37.4 Å². The molecule has 2 aliphatic rings. The summed E-state index contributed by atoms with van der Waals surface area (Å²) in [4.78, 5) is 14.7. The van der Waals surface area contributed by atoms with Crippen LogP contribution in [0, 0.1) is 0 Å². The average molecular weight is 481 g/mol. The molecule has 9 heteroatoms. The molecular formula is C23H33N2O5PS. The standard InChI is InChI=1S/C21H23NO5.C2H6.H4NPS/c1-25-16-4-5-17-19(24)12-20(27-21(17)11-16)14-2-3-15(18(23)10-14)13-22-6-8-26-9-7-22;1-2;2-1-3/h2-5,10-11,20,23H,6-9,12-13H2,1H3;1-2H3;1,3H,2H2. The lowest BCUT2D eigenvalue weighted by atomic mass is 9.95. The number of methoxy groups -OCH3 is 1. The average Bonchev–Trinajstić information content (AvgIpc) is 2.82. The Bertz CT molecular complexity index is 877. The van der Waals surface area contributed by atoms with Crippen molar-refractivity contribution in [2.45, 2.75) is 32.9 Å². The molecule has 2 aliphatic heterocycles. The molecule has 2 heterocycles. The smallest absolute Gasteiger partial charge is 0.170 e. The van der Waals surface area contributed by atoms with Gasteiger partial charge in [0.2, 0.25) is 0 Å². The second-order valence-corrected chi connectivity index (χ2v) is 8.03. The van der Waals surface area contributed by atoms with Crippen molar-refractivity contribution in [2.24, 2.45) is 0 Å². The highest BCUT2D eigenvalue weighted by atomic mass is 32.1. The Labute approximate surface area is 198 Å². The molecule has 0 aromatic heterocycles. The van der Waals surface area contributed by atoms with Crippen molar-refractivity contribution in [3.05, 3.63) is 53.1 Å². The highest BCUT2D eigenvalue weighted by Crippen LogP contribution is 2.38. The number of hydrogen-bond acceptors (Lipinski definition) is 8. The summed E-state index contributed by atoms with van der Waals surface area (Å²) in [5.74, 6) is 1.42. The number of phenols is 1. The molecule has 176 valence electrons. The van der Waals surface area contributed by atoms with Gasteiger partial charge in [-0.1, -0.05) is 48.2 Å². The molecule has 2 atom stereocenters. The molecule has 0 saturated carbocycles. The second-order valence-electron chi connectivity index (χ2n) is 7.00. The number of aromatic hydroxyl groups is 1. The number of morpholine rings is 1. The molecule has 0 amide bonds. The number of ketones is 1. The first-order valence-electron chi connectivity index (χ1n) is 10.6. The third kappa shape index (κ3) is 7.09. The number of thiol groups is 1. The molecule has 2 unspecified atom stereocenters. The summed E-state index contributed by atoms with van der Waals surface area (Å²) in [5, 5.41) is 10.5. The van der Waals surface area contributed by atoms with Crippen LogP contribution in [0.3, 0.4) is 0 Å². The van der Waals surface area contributed by atoms with Crippen LogP contribution in [0.1, 0.15) is 47.9 Å². The summed E-state index contributed by atoms with van der Waals surface area (Å²) in [6.45, 7) is 7.85. The van der Waals surface area contributed by atoms with Crippen LogP contribution in [0.2, 0.25) is 0 Å². The molecule has 1 fully saturated rings. The van der Waals surface area contributed by atoms with E-state index in [2.05, 4.69) is 31.6 Å². The normalized spacial score (nSPS) is 17.7. The number of rotatable bonds is 4. The molecule has 1 saturated heterocycles. The van der Waals surface area contributed by atoms with Crippen LogP contribution in [0.4, 0.5) is 0 Å². The van der Waals surface area contributed by atoms with Gasteiger partial charge in [-0.3, -0.25) is 14.2 Å². The van der Waals surface area contributed by atoms with E-state index in [1.54, 1.807) is 31.4 Å². The molecule has 32 heavy (non-hydrogen) atoms. The fourth-order valence-electron chi connectivity index (χ4n) is 3.53. The largest absolute Gasteiger partial charge is 0.508 e. The number of fused-ring (bicyclic) bond motifs is 1. The van der Waals surface area contributed by atoms with Crippen molar-refractivity contribution in [1.29, 1.82) is 0 Å². The number of benzene rings is 2. The molecular weight excluding hydrogens is 447 g/mol. The summed E-state index contributed by atoms with van der Waals surface area (Å²) in [7, 11) is 3.77. The fraction of sp³-hybridized carbons (Fsp3) is 0.435. The van der Waals surface area contributed by atoms with E-state index in [-0.39, 0.29) is 18.0 Å². The van der Waals surface area contributed by atoms with E-state index in [1.807, 2.05) is 26.0 Å². The van der Waals surface area contributed by atoms with Gasteiger partial charge in [0, 0.05) is 31.3 Å². The van der Waals surface area contributed by atoms with Gasteiger partial charge in [0.15, 0.2) is 5.78 Å². The third-order valence-corrected chi connectivity index (χ3v) is 5.11. The van der Waals surface area contributed by atoms with E-state index in [0.29, 0.717) is 23.6 Å². The molecule has 7 nitrogen and oxygen atoms in total. The number of hydrogen-bond donors (Lipinski definition) is 3. The summed E-state index contributed by atoms with van der Waals surface area (Å²) in [6, 6.07) is 10.8. The number of nitrogens with zero attached hydrogens (tertiary/aromatic N) is 1. The van der Waals surface area contributed by atoms with Crippen molar-refractivity contribution in [3.8, 4) is 17.2 Å². The van der Waals surface area contributed by atoms with Crippen molar-refractivity contribution in [3.63, 3.8) is 0 Å². The van der Waals surface area contributed by atoms with E-state index in [9.17, 15) is 9.90 Å². The van der Waals surface area contributed by atoms with Crippen LogP contribution in [0.15, 0.2) is 36.4 Å². The van der Waals surface area contributed by atoms with Gasteiger partial charge >= 0.3 is 0 Å². The van der Waals surface area contributed by atoms with Gasteiger partial charge in [-0.05, 0) is 23.8 Å². The van der Waals surface area contributed by atoms with Crippen molar-refractivity contribution < 1.29 is 24.1 Å². The zero-order valence-corrected chi connectivity index (χ0v) is 20.9. The molecule has 0 aliphatic carbocycles. The number of nitrogens with one attached hydrogen (secondary N) is 1. The highest BCUT2D eigenvalue weighted by molar-refractivity contribution is 7.81. The maximum absolute atomic E-state index is 12.5. The minimum Gasteiger partial charge on any atom is -0.508 e. The van der Waals surface area contributed by atoms with Gasteiger partial charge in [-0.2, -0.15) is 0 Å². The Kier molecular flexibility index (Phi) is 11.3. The van der Waals surface area contributed by atoms with E-state index in [4.69, 9.17) is 14.2 Å². The number of carbonyl (C=O) groups excluding carboxylic acids is 1. The van der Waals surface area contributed by atoms with Crippen molar-refractivity contribution in [1.82, 2.24) is 9.39 Å². The van der Waals surface area contributed by atoms with E-state index < -0.39 is 6.10 Å². The van der Waals surface area contributed by atoms with Gasteiger partial charge in [0.1, 0.15) is 23.4 Å². The van der Waals surface area contributed by atoms with Crippen LogP contribution in [0.5, 0.6) is 17.2 Å². The molecule has 0 spiro atoms. The summed E-state index contributed by atoms with van der Waals surface area (Å²) in [5.41, 5.74) is 2.23. The topological polar surface area (TPSA) is 80.3 Å². The van der Waals surface area contributed by atoms with Gasteiger partial charge in [-0.15, -0.1) is 0 Å². The first kappa shape index (κ1) is 26.4. The zero-order valence-electron chi connectivity index (χ0n) is 18.8. The predicted octanol–water partition coefficient (Wildman–Crippen LogP) is 4.18. The quantitative estimate of drug-likeness (QED) is 0.448. The number of carbonyl (C=O) groups is 1. The molecule has 4 rings (SSSR count). The van der Waals surface area contributed by atoms with Crippen LogP contribution < -0.4 is 14.0 Å². The van der Waals surface area contributed by atoms with Crippen molar-refractivity contribution in [2.75, 3.05) is 33.4 Å². The SMILES string of the molecule is CC.COc1ccc2c(c1)OC(c1ccc(CN3CCOCC3)c(O)c1)CC2=O.PNS. The van der Waals surface area contributed by atoms with Gasteiger partial charge < -0.3 is 19.3 Å². The van der Waals surface area contributed by atoms with Crippen molar-refractivity contribution >= 4 is 28.0 Å². The lowest BCUT2D eigenvalue weighted by Crippen LogP contribution is -2.35. The van der Waals surface area contributed by atoms with Crippen LogP contribution in [0.25, 0.3) is 0 Å². The van der Waals surface area contributed by atoms with Crippen LogP contribution in [-0.2, 0) is 11.3 Å². The monoisotopic (exact) mass is 480 g/mol. The Morgan fingerprint density at radius 3 is 2.53 bits per heavy atom. The number of ether oxygens (including phenoxy) is 3. The fourth-order valence-corrected chi connectivity index (χ4v) is 3.53. The Morgan fingerprint density at radius 2 is 1.91 bits per heavy atom. The molecule has 2 aromatic rings. The molecule has 0 radical (unpaired) electrons. The first-order valence-corrected chi connectivity index (χ1v) is 11.7. The Balaban J connectivity index is 0.000000671. The lowest BCUT2D eigenvalue weighted by Gasteiger charge is -2.28. The highest BCUT2D eigenvalue weighted by Gasteiger charge is 2.28. The second kappa shape index (κ2) is 13.7. The number of phenolic OH excluding ortho intramolecular Hbond substituents is 1. The van der Waals surface area contributed by atoms with E-state index >= 15 is 0 Å². The number of Topliss-reactive ketones (excluding diaryl/α,β-unsaturated/α-hetero) is 1. The van der Waals surface area contributed by atoms with E-state index in [1.165, 1.54) is 0 Å². The minimum absolute atomic E-state index is 0.0285. The van der Waals surface area contributed by atoms with Crippen LogP contribution >= 0.6 is 22.2 Å². The van der Waals surface area contributed by atoms with Gasteiger partial charge in [0.05, 0.1) is 32.3 Å². The zero-order chi connectivity index (χ0) is 23.5. The predicted molar refractivity (Wildman–Crippen MR) is 133 cm³/mol. The van der Waals surface area contributed by atoms with Gasteiger partial charge in [-0.25, -0.2) is 0 Å². The molecule has 2 aromatic carbocycles. The minimum atomic E-state index is -0.416. The summed E-state index contributed by atoms with van der Waals surface area (Å²) < 4.78 is 19.0.